The van der Waals surface area contributed by atoms with Gasteiger partial charge in [-0.25, -0.2) is 0 Å². The average molecular weight is 291 g/mol. The molecule has 0 aromatic heterocycles. The van der Waals surface area contributed by atoms with E-state index in [-0.39, 0.29) is 0 Å². The van der Waals surface area contributed by atoms with Crippen molar-refractivity contribution in [2.24, 2.45) is 5.73 Å². The van der Waals surface area contributed by atoms with E-state index in [4.69, 9.17) is 10.5 Å². The highest BCUT2D eigenvalue weighted by molar-refractivity contribution is 5.32. The Balaban J connectivity index is 1.70. The molecule has 2 N–H and O–H groups in total. The van der Waals surface area contributed by atoms with Gasteiger partial charge in [-0.3, -0.25) is 0 Å². The second-order valence-electron chi connectivity index (χ2n) is 6.07. The zero-order chi connectivity index (χ0) is 15.1. The number of piperidine rings is 1. The number of benzene rings is 1. The third-order valence-corrected chi connectivity index (χ3v) is 4.28. The molecular formula is C17H29N3O. The van der Waals surface area contributed by atoms with Gasteiger partial charge in [-0.2, -0.15) is 0 Å². The van der Waals surface area contributed by atoms with Gasteiger partial charge in [0.15, 0.2) is 0 Å². The summed E-state index contributed by atoms with van der Waals surface area (Å²) in [6.45, 7) is 4.83. The molecule has 1 atom stereocenters. The Morgan fingerprint density at radius 3 is 2.90 bits per heavy atom. The van der Waals surface area contributed by atoms with E-state index in [2.05, 4.69) is 23.9 Å². The minimum absolute atomic E-state index is 0.535. The van der Waals surface area contributed by atoms with Gasteiger partial charge in [-0.1, -0.05) is 18.2 Å². The summed E-state index contributed by atoms with van der Waals surface area (Å²) in [6.07, 6.45) is 3.70. The van der Waals surface area contributed by atoms with Crippen LogP contribution < -0.4 is 10.5 Å². The Bertz CT molecular complexity index is 422. The minimum atomic E-state index is 0.535. The summed E-state index contributed by atoms with van der Waals surface area (Å²) in [5, 5.41) is 0. The molecule has 0 bridgehead atoms. The van der Waals surface area contributed by atoms with Crippen LogP contribution in [-0.4, -0.2) is 56.2 Å². The second-order valence-corrected chi connectivity index (χ2v) is 6.07. The number of nitrogens with two attached hydrogens (primary N) is 1. The van der Waals surface area contributed by atoms with Crippen LogP contribution in [0.1, 0.15) is 24.8 Å². The molecule has 4 heteroatoms. The van der Waals surface area contributed by atoms with Crippen molar-refractivity contribution in [3.05, 3.63) is 29.8 Å². The lowest BCUT2D eigenvalue weighted by Gasteiger charge is -2.36. The molecule has 0 amide bonds. The maximum absolute atomic E-state index is 5.88. The fraction of sp³-hybridized carbons (Fsp3) is 0.647. The van der Waals surface area contributed by atoms with E-state index in [9.17, 15) is 0 Å². The summed E-state index contributed by atoms with van der Waals surface area (Å²) >= 11 is 0. The number of hydrogen-bond acceptors (Lipinski definition) is 4. The number of ether oxygens (including phenoxy) is 1. The number of likely N-dealkylation sites (N-methyl/N-ethyl adjacent to an activating group) is 1. The molecule has 1 aromatic carbocycles. The summed E-state index contributed by atoms with van der Waals surface area (Å²) in [5.74, 6) is 0.935. The van der Waals surface area contributed by atoms with Gasteiger partial charge >= 0.3 is 0 Å². The first-order valence-corrected chi connectivity index (χ1v) is 8.00. The van der Waals surface area contributed by atoms with Crippen LogP contribution >= 0.6 is 0 Å². The average Bonchev–Trinajstić information content (AvgIpc) is 2.52. The molecule has 118 valence electrons. The van der Waals surface area contributed by atoms with Crippen LogP contribution in [0.4, 0.5) is 0 Å². The van der Waals surface area contributed by atoms with Crippen molar-refractivity contribution >= 4 is 0 Å². The van der Waals surface area contributed by atoms with E-state index >= 15 is 0 Å². The van der Waals surface area contributed by atoms with Gasteiger partial charge in [0.25, 0.3) is 0 Å². The molecule has 1 aromatic rings. The molecule has 1 unspecified atom stereocenters. The summed E-state index contributed by atoms with van der Waals surface area (Å²) < 4.78 is 5.88. The molecule has 0 spiro atoms. The molecule has 1 saturated heterocycles. The predicted molar refractivity (Wildman–Crippen MR) is 87.6 cm³/mol. The molecule has 1 heterocycles. The minimum Gasteiger partial charge on any atom is -0.493 e. The summed E-state index contributed by atoms with van der Waals surface area (Å²) in [7, 11) is 4.36. The fourth-order valence-corrected chi connectivity index (χ4v) is 2.94. The lowest BCUT2D eigenvalue weighted by molar-refractivity contribution is 0.127. The maximum atomic E-state index is 5.88. The Hall–Kier alpha value is -1.10. The van der Waals surface area contributed by atoms with Gasteiger partial charge in [-0.05, 0) is 46.0 Å². The Morgan fingerprint density at radius 1 is 1.33 bits per heavy atom. The first-order chi connectivity index (χ1) is 10.2. The third kappa shape index (κ3) is 4.99. The highest BCUT2D eigenvalue weighted by Crippen LogP contribution is 2.18. The van der Waals surface area contributed by atoms with Gasteiger partial charge in [0.05, 0.1) is 6.61 Å². The molecule has 0 saturated carbocycles. The fourth-order valence-electron chi connectivity index (χ4n) is 2.94. The Kier molecular flexibility index (Phi) is 6.49. The monoisotopic (exact) mass is 291 g/mol. The number of hydrogen-bond donors (Lipinski definition) is 1. The van der Waals surface area contributed by atoms with Crippen LogP contribution in [0.5, 0.6) is 5.75 Å². The quantitative estimate of drug-likeness (QED) is 0.780. The van der Waals surface area contributed by atoms with Crippen molar-refractivity contribution < 1.29 is 4.74 Å². The van der Waals surface area contributed by atoms with Crippen molar-refractivity contribution in [3.63, 3.8) is 0 Å². The first-order valence-electron chi connectivity index (χ1n) is 8.00. The van der Waals surface area contributed by atoms with E-state index in [1.54, 1.807) is 0 Å². The smallest absolute Gasteiger partial charge is 0.123 e. The Morgan fingerprint density at radius 2 is 2.14 bits per heavy atom. The largest absolute Gasteiger partial charge is 0.493 e. The van der Waals surface area contributed by atoms with E-state index in [0.29, 0.717) is 12.6 Å². The SMILES string of the molecule is CN(C)C1CCCN(CCCOc2ccccc2CN)C1. The van der Waals surface area contributed by atoms with Gasteiger partial charge in [-0.15, -0.1) is 0 Å². The molecule has 0 radical (unpaired) electrons. The molecule has 1 aliphatic heterocycles. The topological polar surface area (TPSA) is 41.7 Å². The van der Waals surface area contributed by atoms with Gasteiger partial charge < -0.3 is 20.3 Å². The van der Waals surface area contributed by atoms with Crippen LogP contribution in [0.15, 0.2) is 24.3 Å². The number of para-hydroxylation sites is 1. The highest BCUT2D eigenvalue weighted by atomic mass is 16.5. The lowest BCUT2D eigenvalue weighted by Crippen LogP contribution is -2.45. The molecular weight excluding hydrogens is 262 g/mol. The van der Waals surface area contributed by atoms with Gasteiger partial charge in [0.2, 0.25) is 0 Å². The van der Waals surface area contributed by atoms with E-state index in [0.717, 1.165) is 30.9 Å². The standard InChI is InChI=1S/C17H29N3O/c1-19(2)16-8-5-10-20(14-16)11-6-12-21-17-9-4-3-7-15(17)13-18/h3-4,7,9,16H,5-6,8,10-14,18H2,1-2H3. The van der Waals surface area contributed by atoms with Crippen LogP contribution in [-0.2, 0) is 6.54 Å². The third-order valence-electron chi connectivity index (χ3n) is 4.28. The number of nitrogens with zero attached hydrogens (tertiary/aromatic N) is 2. The molecule has 0 aliphatic carbocycles. The first kappa shape index (κ1) is 16.3. The molecule has 1 fully saturated rings. The summed E-state index contributed by atoms with van der Waals surface area (Å²) in [5.41, 5.74) is 6.81. The number of likely N-dealkylation sites (tertiary alicyclic amines) is 1. The zero-order valence-corrected chi connectivity index (χ0v) is 13.4. The molecule has 4 nitrogen and oxygen atoms in total. The van der Waals surface area contributed by atoms with Crippen LogP contribution in [0.2, 0.25) is 0 Å². The normalized spacial score (nSPS) is 19.9. The second kappa shape index (κ2) is 8.37. The number of rotatable bonds is 7. The van der Waals surface area contributed by atoms with Crippen molar-refractivity contribution in [2.45, 2.75) is 31.8 Å². The van der Waals surface area contributed by atoms with E-state index < -0.39 is 0 Å². The summed E-state index contributed by atoms with van der Waals surface area (Å²) in [6, 6.07) is 8.75. The van der Waals surface area contributed by atoms with Crippen LogP contribution in [0.3, 0.4) is 0 Å². The Labute approximate surface area is 128 Å². The molecule has 2 rings (SSSR count). The maximum Gasteiger partial charge on any atom is 0.123 e. The van der Waals surface area contributed by atoms with Crippen molar-refractivity contribution in [1.82, 2.24) is 9.80 Å². The van der Waals surface area contributed by atoms with Crippen molar-refractivity contribution in [3.8, 4) is 5.75 Å². The zero-order valence-electron chi connectivity index (χ0n) is 13.4. The highest BCUT2D eigenvalue weighted by Gasteiger charge is 2.20. The predicted octanol–water partition coefficient (Wildman–Crippen LogP) is 1.94. The van der Waals surface area contributed by atoms with Crippen LogP contribution in [0, 0.1) is 0 Å². The van der Waals surface area contributed by atoms with E-state index in [1.807, 2.05) is 24.3 Å². The van der Waals surface area contributed by atoms with Crippen LogP contribution in [0.25, 0.3) is 0 Å². The summed E-state index contributed by atoms with van der Waals surface area (Å²) in [4.78, 5) is 4.91. The molecule has 21 heavy (non-hydrogen) atoms. The van der Waals surface area contributed by atoms with Crippen molar-refractivity contribution in [1.29, 1.82) is 0 Å². The van der Waals surface area contributed by atoms with Gasteiger partial charge in [0.1, 0.15) is 5.75 Å². The molecule has 1 aliphatic rings. The lowest BCUT2D eigenvalue weighted by atomic mass is 10.0. The van der Waals surface area contributed by atoms with Gasteiger partial charge in [0, 0.05) is 31.2 Å². The van der Waals surface area contributed by atoms with E-state index in [1.165, 1.54) is 25.9 Å². The van der Waals surface area contributed by atoms with Crippen molar-refractivity contribution in [2.75, 3.05) is 40.3 Å².